The first-order valence-electron chi connectivity index (χ1n) is 11.8. The first-order valence-corrected chi connectivity index (χ1v) is 11.8. The highest BCUT2D eigenvalue weighted by Crippen LogP contribution is 2.51. The van der Waals surface area contributed by atoms with Crippen LogP contribution < -0.4 is 37.9 Å². The van der Waals surface area contributed by atoms with Crippen LogP contribution in [0.3, 0.4) is 0 Å². The van der Waals surface area contributed by atoms with E-state index in [0.717, 1.165) is 0 Å². The molecule has 0 aliphatic carbocycles. The summed E-state index contributed by atoms with van der Waals surface area (Å²) < 4.78 is 62.4. The van der Waals surface area contributed by atoms with Gasteiger partial charge in [0.25, 0.3) is 0 Å². The van der Waals surface area contributed by atoms with Crippen molar-refractivity contribution in [1.29, 1.82) is 0 Å². The van der Waals surface area contributed by atoms with Gasteiger partial charge in [0, 0.05) is 49.0 Å². The molecule has 2 aromatic carbocycles. The maximum Gasteiger partial charge on any atom is 0.231 e. The van der Waals surface area contributed by atoms with Crippen LogP contribution in [0.2, 0.25) is 0 Å². The minimum absolute atomic E-state index is 0. The van der Waals surface area contributed by atoms with Gasteiger partial charge in [-0.2, -0.15) is 0 Å². The second kappa shape index (κ2) is 16.4. The summed E-state index contributed by atoms with van der Waals surface area (Å²) in [4.78, 5) is 24.1. The molecule has 0 fully saturated rings. The van der Waals surface area contributed by atoms with E-state index in [0.29, 0.717) is 23.0 Å². The molecule has 41 heavy (non-hydrogen) atoms. The van der Waals surface area contributed by atoms with E-state index in [1.54, 1.807) is 26.4 Å². The summed E-state index contributed by atoms with van der Waals surface area (Å²) in [6, 6.07) is 3.40. The summed E-state index contributed by atoms with van der Waals surface area (Å²) in [6.07, 6.45) is 0. The highest BCUT2D eigenvalue weighted by Gasteiger charge is 2.35. The van der Waals surface area contributed by atoms with Crippen molar-refractivity contribution in [3.05, 3.63) is 23.3 Å². The van der Waals surface area contributed by atoms with Gasteiger partial charge in [0.2, 0.25) is 13.6 Å². The molecule has 0 aromatic heterocycles. The molecule has 2 aliphatic heterocycles. The lowest BCUT2D eigenvalue weighted by molar-refractivity contribution is 0.0309. The standard InChI is InChI=1S/C15H18O8.C11H14O6.B/c1-8(16)10-12(20-5-18-3)13(21-6-19-4)11(9(2)17)15-14(10)22-7-23-15;1-12-5-14-8-3-10-11(17-7-16-10)4-9(8)15-6-13-2;/h5-7H2,1-4H3;3-4H,5-7H2,1-2H3;. The molecule has 2 aliphatic rings. The lowest BCUT2D eigenvalue weighted by atomic mass is 10.0. The van der Waals surface area contributed by atoms with Gasteiger partial charge in [-0.1, -0.05) is 0 Å². The molecule has 3 radical (unpaired) electrons. The molecular formula is C26H32BO14. The molecule has 223 valence electrons. The van der Waals surface area contributed by atoms with Crippen molar-refractivity contribution in [2.75, 3.05) is 69.2 Å². The van der Waals surface area contributed by atoms with E-state index in [1.807, 2.05) is 0 Å². The molecule has 15 heteroatoms. The number of benzene rings is 2. The van der Waals surface area contributed by atoms with E-state index in [2.05, 4.69) is 0 Å². The summed E-state index contributed by atoms with van der Waals surface area (Å²) in [5.41, 5.74) is 0.260. The summed E-state index contributed by atoms with van der Waals surface area (Å²) in [6.45, 7) is 2.78. The zero-order valence-corrected chi connectivity index (χ0v) is 23.7. The monoisotopic (exact) mass is 579 g/mol. The van der Waals surface area contributed by atoms with Gasteiger partial charge < -0.3 is 56.8 Å². The van der Waals surface area contributed by atoms with E-state index >= 15 is 0 Å². The van der Waals surface area contributed by atoms with Crippen molar-refractivity contribution in [2.24, 2.45) is 0 Å². The van der Waals surface area contributed by atoms with Gasteiger partial charge in [-0.3, -0.25) is 9.59 Å². The molecule has 2 aromatic rings. The van der Waals surface area contributed by atoms with E-state index in [-0.39, 0.29) is 94.9 Å². The molecule has 0 N–H and O–H groups in total. The summed E-state index contributed by atoms with van der Waals surface area (Å²) in [5.74, 6) is 2.10. The van der Waals surface area contributed by atoms with E-state index in [9.17, 15) is 9.59 Å². The van der Waals surface area contributed by atoms with Crippen LogP contribution in [-0.2, 0) is 18.9 Å². The molecule has 0 saturated heterocycles. The number of hydrogen-bond donors (Lipinski definition) is 0. The molecule has 4 rings (SSSR count). The Hall–Kier alpha value is -3.92. The molecule has 0 amide bonds. The predicted molar refractivity (Wildman–Crippen MR) is 141 cm³/mol. The van der Waals surface area contributed by atoms with Crippen molar-refractivity contribution >= 4 is 20.0 Å². The zero-order chi connectivity index (χ0) is 29.1. The van der Waals surface area contributed by atoms with Gasteiger partial charge >= 0.3 is 0 Å². The van der Waals surface area contributed by atoms with Crippen LogP contribution in [0.1, 0.15) is 34.6 Å². The molecule has 0 atom stereocenters. The SMILES string of the molecule is COCOc1c(OCOC)c(C(C)=O)c2c(c1C(C)=O)OCO2.COCOc1cc2c(cc1OCOC)OCO2.[B]. The van der Waals surface area contributed by atoms with Gasteiger partial charge in [0.15, 0.2) is 84.7 Å². The quantitative estimate of drug-likeness (QED) is 0.184. The Labute approximate surface area is 239 Å². The molecule has 0 bridgehead atoms. The fourth-order valence-electron chi connectivity index (χ4n) is 3.61. The lowest BCUT2D eigenvalue weighted by Crippen LogP contribution is -2.12. The summed E-state index contributed by atoms with van der Waals surface area (Å²) >= 11 is 0. The van der Waals surface area contributed by atoms with Crippen LogP contribution in [0, 0.1) is 0 Å². The maximum atomic E-state index is 12.1. The third-order valence-electron chi connectivity index (χ3n) is 5.18. The van der Waals surface area contributed by atoms with Crippen molar-refractivity contribution in [3.63, 3.8) is 0 Å². The molecule has 0 unspecified atom stereocenters. The van der Waals surface area contributed by atoms with Crippen LogP contribution in [0.25, 0.3) is 0 Å². The highest BCUT2D eigenvalue weighted by molar-refractivity contribution is 6.08. The van der Waals surface area contributed by atoms with Gasteiger partial charge in [-0.05, 0) is 13.8 Å². The molecule has 0 spiro atoms. The number of ether oxygens (including phenoxy) is 12. The van der Waals surface area contributed by atoms with Crippen molar-refractivity contribution < 1.29 is 66.4 Å². The van der Waals surface area contributed by atoms with Crippen molar-refractivity contribution in [3.8, 4) is 46.0 Å². The minimum Gasteiger partial charge on any atom is -0.464 e. The minimum atomic E-state index is -0.324. The average Bonchev–Trinajstić information content (AvgIpc) is 3.60. The molecular weight excluding hydrogens is 547 g/mol. The first kappa shape index (κ1) is 33.3. The van der Waals surface area contributed by atoms with E-state index < -0.39 is 0 Å². The van der Waals surface area contributed by atoms with Crippen LogP contribution in [0.15, 0.2) is 12.1 Å². The van der Waals surface area contributed by atoms with E-state index in [1.165, 1.54) is 28.1 Å². The Morgan fingerprint density at radius 1 is 0.610 bits per heavy atom. The number of methoxy groups -OCH3 is 4. The topological polar surface area (TPSA) is 145 Å². The fraction of sp³-hybridized carbons (Fsp3) is 0.462. The largest absolute Gasteiger partial charge is 0.464 e. The molecule has 2 heterocycles. The third-order valence-corrected chi connectivity index (χ3v) is 5.18. The fourth-order valence-corrected chi connectivity index (χ4v) is 3.61. The maximum absolute atomic E-state index is 12.1. The number of fused-ring (bicyclic) bond motifs is 2. The second-order valence-corrected chi connectivity index (χ2v) is 7.94. The predicted octanol–water partition coefficient (Wildman–Crippen LogP) is 2.79. The Balaban J connectivity index is 0.000000292. The Bertz CT molecular complexity index is 1100. The number of ketones is 2. The molecule has 0 saturated carbocycles. The average molecular weight is 579 g/mol. The van der Waals surface area contributed by atoms with Crippen molar-refractivity contribution in [2.45, 2.75) is 13.8 Å². The van der Waals surface area contributed by atoms with Gasteiger partial charge in [0.05, 0.1) is 0 Å². The summed E-state index contributed by atoms with van der Waals surface area (Å²) in [5, 5.41) is 0. The summed E-state index contributed by atoms with van der Waals surface area (Å²) in [7, 11) is 5.95. The third kappa shape index (κ3) is 8.07. The van der Waals surface area contributed by atoms with Crippen molar-refractivity contribution in [1.82, 2.24) is 0 Å². The van der Waals surface area contributed by atoms with E-state index in [4.69, 9.17) is 56.8 Å². The number of hydrogen-bond acceptors (Lipinski definition) is 14. The van der Waals surface area contributed by atoms with Crippen LogP contribution >= 0.6 is 0 Å². The Kier molecular flexibility index (Phi) is 13.3. The number of rotatable bonds is 14. The lowest BCUT2D eigenvalue weighted by Gasteiger charge is -2.19. The first-order chi connectivity index (χ1) is 19.4. The van der Waals surface area contributed by atoms with Gasteiger partial charge in [0.1, 0.15) is 11.1 Å². The van der Waals surface area contributed by atoms with Gasteiger partial charge in [-0.15, -0.1) is 0 Å². The highest BCUT2D eigenvalue weighted by atomic mass is 16.7. The van der Waals surface area contributed by atoms with Crippen LogP contribution in [0.4, 0.5) is 0 Å². The molecule has 14 nitrogen and oxygen atoms in total. The Morgan fingerprint density at radius 3 is 1.29 bits per heavy atom. The smallest absolute Gasteiger partial charge is 0.231 e. The second-order valence-electron chi connectivity index (χ2n) is 7.94. The number of carbonyl (C=O) groups excluding carboxylic acids is 2. The zero-order valence-electron chi connectivity index (χ0n) is 23.7. The van der Waals surface area contributed by atoms with Crippen LogP contribution in [-0.4, -0.2) is 89.2 Å². The normalized spacial score (nSPS) is 12.0. The Morgan fingerprint density at radius 2 is 0.951 bits per heavy atom. The number of carbonyl (C=O) groups is 2. The van der Waals surface area contributed by atoms with Gasteiger partial charge in [-0.25, -0.2) is 0 Å². The van der Waals surface area contributed by atoms with Crippen LogP contribution in [0.5, 0.6) is 46.0 Å². The number of Topliss-reactive ketones (excluding diaryl/α,β-unsaturated/α-hetero) is 2.